The molecule has 3 N–H and O–H groups in total. The zero-order valence-electron chi connectivity index (χ0n) is 15.8. The van der Waals surface area contributed by atoms with E-state index in [0.29, 0.717) is 5.02 Å². The minimum absolute atomic E-state index is 0.0408. The first kappa shape index (κ1) is 21.4. The van der Waals surface area contributed by atoms with Gasteiger partial charge in [0.2, 0.25) is 0 Å². The second-order valence-corrected chi connectivity index (χ2v) is 6.45. The highest BCUT2D eigenvalue weighted by molar-refractivity contribution is 6.31. The Balaban J connectivity index is 2.12. The average molecular weight is 406 g/mol. The monoisotopic (exact) mass is 405 g/mol. The second kappa shape index (κ2) is 9.87. The molecule has 148 valence electrons. The van der Waals surface area contributed by atoms with Crippen LogP contribution in [0.25, 0.3) is 0 Å². The van der Waals surface area contributed by atoms with Crippen molar-refractivity contribution >= 4 is 35.1 Å². The first-order chi connectivity index (χ1) is 13.4. The van der Waals surface area contributed by atoms with Gasteiger partial charge in [0.25, 0.3) is 5.91 Å². The van der Waals surface area contributed by atoms with Crippen LogP contribution in [0.5, 0.6) is 0 Å². The molecule has 0 aromatic heterocycles. The number of quaternary nitrogens is 1. The summed E-state index contributed by atoms with van der Waals surface area (Å²) in [6.45, 7) is 2.03. The van der Waals surface area contributed by atoms with E-state index in [4.69, 9.17) is 16.3 Å². The molecule has 2 rings (SSSR count). The van der Waals surface area contributed by atoms with Crippen LogP contribution in [0.4, 0.5) is 5.69 Å². The van der Waals surface area contributed by atoms with Gasteiger partial charge in [0.15, 0.2) is 6.54 Å². The minimum Gasteiger partial charge on any atom is -0.465 e. The highest BCUT2D eigenvalue weighted by Gasteiger charge is 2.19. The summed E-state index contributed by atoms with van der Waals surface area (Å²) >= 11 is 6.18. The number of benzene rings is 2. The molecule has 1 amide bonds. The molecule has 0 bridgehead atoms. The molecular formula is C20H22ClN2O5+. The van der Waals surface area contributed by atoms with Gasteiger partial charge in [-0.15, -0.1) is 0 Å². The van der Waals surface area contributed by atoms with Crippen molar-refractivity contribution in [2.45, 2.75) is 13.0 Å². The summed E-state index contributed by atoms with van der Waals surface area (Å²) in [5, 5.41) is 5.10. The fourth-order valence-corrected chi connectivity index (χ4v) is 2.94. The topological polar surface area (TPSA) is 98.3 Å². The Morgan fingerprint density at radius 3 is 2.39 bits per heavy atom. The van der Waals surface area contributed by atoms with Crippen LogP contribution >= 0.6 is 11.6 Å². The number of carbonyl (C=O) groups excluding carboxylic acids is 3. The number of amides is 1. The van der Waals surface area contributed by atoms with Crippen molar-refractivity contribution in [1.29, 1.82) is 0 Å². The van der Waals surface area contributed by atoms with Gasteiger partial charge in [0, 0.05) is 10.6 Å². The molecule has 2 aromatic rings. The number of rotatable bonds is 7. The number of halogens is 1. The van der Waals surface area contributed by atoms with Crippen LogP contribution in [-0.2, 0) is 14.3 Å². The Kier molecular flexibility index (Phi) is 7.54. The number of carbonyl (C=O) groups is 3. The van der Waals surface area contributed by atoms with Crippen molar-refractivity contribution < 1.29 is 29.2 Å². The average Bonchev–Trinajstić information content (AvgIpc) is 2.71. The van der Waals surface area contributed by atoms with Crippen LogP contribution in [0.3, 0.4) is 0 Å². The summed E-state index contributed by atoms with van der Waals surface area (Å²) in [7, 11) is 2.49. The summed E-state index contributed by atoms with van der Waals surface area (Å²) in [6.07, 6.45) is 0. The third-order valence-corrected chi connectivity index (χ3v) is 4.52. The van der Waals surface area contributed by atoms with Crippen LogP contribution in [0.1, 0.15) is 39.2 Å². The van der Waals surface area contributed by atoms with Crippen molar-refractivity contribution in [3.05, 3.63) is 64.2 Å². The summed E-state index contributed by atoms with van der Waals surface area (Å²) in [6, 6.07) is 11.6. The zero-order chi connectivity index (χ0) is 20.7. The first-order valence-electron chi connectivity index (χ1n) is 8.55. The maximum atomic E-state index is 12.4. The van der Waals surface area contributed by atoms with Crippen molar-refractivity contribution in [2.75, 3.05) is 26.1 Å². The van der Waals surface area contributed by atoms with Gasteiger partial charge in [-0.25, -0.2) is 9.59 Å². The van der Waals surface area contributed by atoms with Crippen LogP contribution in [-0.4, -0.2) is 38.6 Å². The molecule has 0 fully saturated rings. The number of methoxy groups -OCH3 is 2. The van der Waals surface area contributed by atoms with E-state index in [1.165, 1.54) is 32.4 Å². The van der Waals surface area contributed by atoms with E-state index in [9.17, 15) is 14.4 Å². The molecule has 0 aliphatic carbocycles. The Morgan fingerprint density at radius 2 is 1.75 bits per heavy atom. The predicted octanol–water partition coefficient (Wildman–Crippen LogP) is 2.18. The van der Waals surface area contributed by atoms with Gasteiger partial charge < -0.3 is 20.1 Å². The Bertz CT molecular complexity index is 885. The van der Waals surface area contributed by atoms with E-state index in [1.807, 2.05) is 30.4 Å². The molecule has 0 saturated carbocycles. The molecule has 28 heavy (non-hydrogen) atoms. The van der Waals surface area contributed by atoms with Gasteiger partial charge in [-0.2, -0.15) is 0 Å². The van der Waals surface area contributed by atoms with E-state index in [-0.39, 0.29) is 35.3 Å². The van der Waals surface area contributed by atoms with Gasteiger partial charge in [0.05, 0.1) is 31.0 Å². The molecule has 7 nitrogen and oxygen atoms in total. The highest BCUT2D eigenvalue weighted by atomic mass is 35.5. The quantitative estimate of drug-likeness (QED) is 0.688. The number of hydrogen-bond donors (Lipinski definition) is 2. The van der Waals surface area contributed by atoms with Crippen molar-refractivity contribution in [2.24, 2.45) is 0 Å². The summed E-state index contributed by atoms with van der Waals surface area (Å²) in [4.78, 5) is 36.1. The van der Waals surface area contributed by atoms with E-state index >= 15 is 0 Å². The Morgan fingerprint density at radius 1 is 1.07 bits per heavy atom. The third-order valence-electron chi connectivity index (χ3n) is 4.17. The first-order valence-corrected chi connectivity index (χ1v) is 8.93. The maximum absolute atomic E-state index is 12.4. The summed E-state index contributed by atoms with van der Waals surface area (Å²) < 4.78 is 9.40. The number of hydrogen-bond acceptors (Lipinski definition) is 5. The molecule has 8 heteroatoms. The number of nitrogens with two attached hydrogens (primary N) is 1. The van der Waals surface area contributed by atoms with Gasteiger partial charge in [0.1, 0.15) is 6.04 Å². The van der Waals surface area contributed by atoms with Crippen molar-refractivity contribution in [3.8, 4) is 0 Å². The Labute approximate surface area is 168 Å². The number of anilines is 1. The number of ether oxygens (including phenoxy) is 2. The lowest BCUT2D eigenvalue weighted by molar-refractivity contribution is -0.682. The lowest BCUT2D eigenvalue weighted by Crippen LogP contribution is -2.86. The van der Waals surface area contributed by atoms with E-state index in [1.54, 1.807) is 6.07 Å². The molecule has 0 heterocycles. The van der Waals surface area contributed by atoms with Crippen LogP contribution in [0, 0.1) is 0 Å². The largest absolute Gasteiger partial charge is 0.465 e. The lowest BCUT2D eigenvalue weighted by Gasteiger charge is -2.14. The molecule has 0 spiro atoms. The number of esters is 2. The summed E-state index contributed by atoms with van der Waals surface area (Å²) in [5.74, 6) is -1.54. The van der Waals surface area contributed by atoms with E-state index in [2.05, 4.69) is 10.1 Å². The molecule has 2 aromatic carbocycles. The SMILES string of the molecule is COC(=O)c1ccc(C(=O)OC)c(NC(=O)C[NH2+][C@@H](C)c2ccccc2Cl)c1. The molecule has 0 aliphatic heterocycles. The third kappa shape index (κ3) is 5.31. The van der Waals surface area contributed by atoms with Gasteiger partial charge >= 0.3 is 11.9 Å². The lowest BCUT2D eigenvalue weighted by atomic mass is 10.1. The van der Waals surface area contributed by atoms with Gasteiger partial charge in [-0.3, -0.25) is 4.79 Å². The molecule has 0 radical (unpaired) electrons. The molecule has 0 unspecified atom stereocenters. The van der Waals surface area contributed by atoms with E-state index < -0.39 is 11.9 Å². The predicted molar refractivity (Wildman–Crippen MR) is 104 cm³/mol. The summed E-state index contributed by atoms with van der Waals surface area (Å²) in [5.41, 5.74) is 1.44. The minimum atomic E-state index is -0.625. The second-order valence-electron chi connectivity index (χ2n) is 6.04. The fraction of sp³-hybridized carbons (Fsp3) is 0.250. The molecule has 1 atom stereocenters. The van der Waals surface area contributed by atoms with E-state index in [0.717, 1.165) is 5.56 Å². The molecular weight excluding hydrogens is 384 g/mol. The zero-order valence-corrected chi connectivity index (χ0v) is 16.6. The number of nitrogens with one attached hydrogen (secondary N) is 1. The van der Waals surface area contributed by atoms with Crippen LogP contribution in [0.15, 0.2) is 42.5 Å². The fourth-order valence-electron chi connectivity index (χ4n) is 2.64. The van der Waals surface area contributed by atoms with Gasteiger partial charge in [-0.05, 0) is 31.2 Å². The molecule has 0 saturated heterocycles. The van der Waals surface area contributed by atoms with Crippen molar-refractivity contribution in [3.63, 3.8) is 0 Å². The highest BCUT2D eigenvalue weighted by Crippen LogP contribution is 2.21. The van der Waals surface area contributed by atoms with Crippen LogP contribution in [0.2, 0.25) is 5.02 Å². The molecule has 0 aliphatic rings. The van der Waals surface area contributed by atoms with Crippen molar-refractivity contribution in [1.82, 2.24) is 0 Å². The van der Waals surface area contributed by atoms with Gasteiger partial charge in [-0.1, -0.05) is 29.8 Å². The normalized spacial score (nSPS) is 11.4. The Hall–Kier alpha value is -2.90. The standard InChI is InChI=1S/C20H21ClN2O5/c1-12(14-6-4-5-7-16(14)21)22-11-18(24)23-17-10-13(19(25)27-2)8-9-15(17)20(26)28-3/h4-10,12,22H,11H2,1-3H3,(H,23,24)/p+1/t12-/m0/s1. The maximum Gasteiger partial charge on any atom is 0.339 e. The van der Waals surface area contributed by atoms with Crippen LogP contribution < -0.4 is 10.6 Å². The smallest absolute Gasteiger partial charge is 0.339 e.